The van der Waals surface area contributed by atoms with Gasteiger partial charge in [0.2, 0.25) is 0 Å². The van der Waals surface area contributed by atoms with E-state index in [1.54, 1.807) is 0 Å². The number of carbonyl (C=O) groups is 1. The zero-order valence-electron chi connectivity index (χ0n) is 11.5. The number of unbranched alkanes of at least 4 members (excludes halogenated alkanes) is 2. The molecule has 0 aliphatic heterocycles. The van der Waals surface area contributed by atoms with Crippen molar-refractivity contribution in [1.82, 2.24) is 4.90 Å². The topological polar surface area (TPSA) is 40.5 Å². The van der Waals surface area contributed by atoms with E-state index in [1.165, 1.54) is 25.7 Å². The van der Waals surface area contributed by atoms with Crippen LogP contribution in [0.3, 0.4) is 0 Å². The largest absolute Gasteiger partial charge is 0.478 e. The Morgan fingerprint density at radius 3 is 2.00 bits per heavy atom. The van der Waals surface area contributed by atoms with Crippen LogP contribution in [0.25, 0.3) is 0 Å². The zero-order chi connectivity index (χ0) is 13.1. The van der Waals surface area contributed by atoms with Crippen LogP contribution in [-0.2, 0) is 4.79 Å². The van der Waals surface area contributed by atoms with Gasteiger partial charge in [-0.3, -0.25) is 4.90 Å². The van der Waals surface area contributed by atoms with Crippen LogP contribution in [-0.4, -0.2) is 35.6 Å². The lowest BCUT2D eigenvalue weighted by Crippen LogP contribution is -2.26. The number of carboxylic acid groups (broad SMARTS) is 1. The van der Waals surface area contributed by atoms with Gasteiger partial charge in [-0.2, -0.15) is 0 Å². The summed E-state index contributed by atoms with van der Waals surface area (Å²) < 4.78 is 0. The van der Waals surface area contributed by atoms with Crippen molar-refractivity contribution in [3.8, 4) is 0 Å². The summed E-state index contributed by atoms with van der Waals surface area (Å²) in [5.41, 5.74) is 0.531. The molecule has 0 fully saturated rings. The third-order valence-electron chi connectivity index (χ3n) is 2.91. The molecule has 0 aromatic carbocycles. The minimum atomic E-state index is -0.779. The van der Waals surface area contributed by atoms with Gasteiger partial charge >= 0.3 is 5.97 Å². The van der Waals surface area contributed by atoms with Gasteiger partial charge in [-0.1, -0.05) is 39.7 Å². The van der Waals surface area contributed by atoms with Crippen LogP contribution in [0, 0.1) is 0 Å². The average Bonchev–Trinajstić information content (AvgIpc) is 2.31. The summed E-state index contributed by atoms with van der Waals surface area (Å²) in [5.74, 6) is -0.779. The van der Waals surface area contributed by atoms with Crippen LogP contribution in [0.4, 0.5) is 0 Å². The summed E-state index contributed by atoms with van der Waals surface area (Å²) in [7, 11) is 0. The van der Waals surface area contributed by atoms with Crippen LogP contribution >= 0.6 is 0 Å². The number of nitrogens with zero attached hydrogens (tertiary/aromatic N) is 1. The molecule has 0 aliphatic rings. The Balaban J connectivity index is 4.24. The molecule has 0 atom stereocenters. The van der Waals surface area contributed by atoms with E-state index in [0.29, 0.717) is 12.0 Å². The van der Waals surface area contributed by atoms with E-state index in [0.717, 1.165) is 19.6 Å². The molecule has 3 heteroatoms. The fourth-order valence-electron chi connectivity index (χ4n) is 1.68. The molecule has 0 spiro atoms. The van der Waals surface area contributed by atoms with Crippen LogP contribution in [0.1, 0.15) is 52.9 Å². The molecule has 0 saturated carbocycles. The third-order valence-corrected chi connectivity index (χ3v) is 2.91. The van der Waals surface area contributed by atoms with Gasteiger partial charge in [0, 0.05) is 12.1 Å². The van der Waals surface area contributed by atoms with E-state index in [2.05, 4.69) is 18.7 Å². The smallest absolute Gasteiger partial charge is 0.331 e. The normalized spacial score (nSPS) is 12.1. The highest BCUT2D eigenvalue weighted by molar-refractivity contribution is 5.86. The Morgan fingerprint density at radius 2 is 1.65 bits per heavy atom. The highest BCUT2D eigenvalue weighted by Gasteiger charge is 2.06. The van der Waals surface area contributed by atoms with Crippen molar-refractivity contribution in [2.45, 2.75) is 52.9 Å². The molecular weight excluding hydrogens is 214 g/mol. The number of hydrogen-bond acceptors (Lipinski definition) is 2. The third kappa shape index (κ3) is 7.97. The highest BCUT2D eigenvalue weighted by Crippen LogP contribution is 2.04. The van der Waals surface area contributed by atoms with E-state index < -0.39 is 5.97 Å². The van der Waals surface area contributed by atoms with E-state index >= 15 is 0 Å². The lowest BCUT2D eigenvalue weighted by molar-refractivity contribution is -0.132. The van der Waals surface area contributed by atoms with Gasteiger partial charge in [-0.25, -0.2) is 4.79 Å². The molecular formula is C14H27NO2. The number of rotatable bonds is 10. The summed E-state index contributed by atoms with van der Waals surface area (Å²) in [6, 6.07) is 0. The van der Waals surface area contributed by atoms with Crippen LogP contribution in [0.5, 0.6) is 0 Å². The number of carboxylic acids is 1. The summed E-state index contributed by atoms with van der Waals surface area (Å²) >= 11 is 0. The summed E-state index contributed by atoms with van der Waals surface area (Å²) in [4.78, 5) is 13.2. The highest BCUT2D eigenvalue weighted by atomic mass is 16.4. The van der Waals surface area contributed by atoms with Crippen molar-refractivity contribution in [2.75, 3.05) is 19.6 Å². The Labute approximate surface area is 106 Å². The summed E-state index contributed by atoms with van der Waals surface area (Å²) in [6.07, 6.45) is 7.22. The maximum absolute atomic E-state index is 10.9. The first-order chi connectivity index (χ1) is 8.15. The van der Waals surface area contributed by atoms with Gasteiger partial charge in [0.05, 0.1) is 0 Å². The van der Waals surface area contributed by atoms with Crippen LogP contribution < -0.4 is 0 Å². The molecule has 0 aromatic heterocycles. The molecule has 0 aliphatic carbocycles. The molecule has 3 nitrogen and oxygen atoms in total. The fourth-order valence-corrected chi connectivity index (χ4v) is 1.68. The van der Waals surface area contributed by atoms with Gasteiger partial charge in [-0.05, 0) is 32.4 Å². The molecule has 0 radical (unpaired) electrons. The van der Waals surface area contributed by atoms with E-state index in [-0.39, 0.29) is 0 Å². The predicted octanol–water partition coefficient (Wildman–Crippen LogP) is 3.31. The minimum absolute atomic E-state index is 0.531. The van der Waals surface area contributed by atoms with Crippen LogP contribution in [0.2, 0.25) is 0 Å². The van der Waals surface area contributed by atoms with Crippen molar-refractivity contribution >= 4 is 5.97 Å². The lowest BCUT2D eigenvalue weighted by Gasteiger charge is -2.20. The zero-order valence-corrected chi connectivity index (χ0v) is 11.5. The van der Waals surface area contributed by atoms with Gasteiger partial charge in [-0.15, -0.1) is 0 Å². The van der Waals surface area contributed by atoms with Crippen molar-refractivity contribution in [3.05, 3.63) is 11.6 Å². The minimum Gasteiger partial charge on any atom is -0.478 e. The Hall–Kier alpha value is -0.830. The monoisotopic (exact) mass is 241 g/mol. The quantitative estimate of drug-likeness (QED) is 0.596. The second-order valence-electron chi connectivity index (χ2n) is 4.40. The standard InChI is InChI=1S/C14H27NO2/c1-4-7-10-15(11-8-5-2)12-9-13(6-3)14(16)17/h9H,4-8,10-12H2,1-3H3,(H,16,17). The average molecular weight is 241 g/mol. The Kier molecular flexibility index (Phi) is 9.83. The molecule has 0 amide bonds. The molecule has 0 bridgehead atoms. The van der Waals surface area contributed by atoms with Gasteiger partial charge in [0.15, 0.2) is 0 Å². The molecule has 0 heterocycles. The Morgan fingerprint density at radius 1 is 1.12 bits per heavy atom. The molecule has 0 saturated heterocycles. The maximum Gasteiger partial charge on any atom is 0.331 e. The van der Waals surface area contributed by atoms with Crippen molar-refractivity contribution in [3.63, 3.8) is 0 Å². The second kappa shape index (κ2) is 10.3. The fraction of sp³-hybridized carbons (Fsp3) is 0.786. The van der Waals surface area contributed by atoms with E-state index in [1.807, 2.05) is 13.0 Å². The van der Waals surface area contributed by atoms with E-state index in [4.69, 9.17) is 5.11 Å². The number of hydrogen-bond donors (Lipinski definition) is 1. The molecule has 1 N–H and O–H groups in total. The van der Waals surface area contributed by atoms with E-state index in [9.17, 15) is 4.79 Å². The predicted molar refractivity (Wildman–Crippen MR) is 72.3 cm³/mol. The lowest BCUT2D eigenvalue weighted by atomic mass is 10.2. The summed E-state index contributed by atoms with van der Waals surface area (Å²) in [5, 5.41) is 8.95. The van der Waals surface area contributed by atoms with Crippen molar-refractivity contribution in [2.24, 2.45) is 0 Å². The molecule has 17 heavy (non-hydrogen) atoms. The molecule has 0 rings (SSSR count). The number of aliphatic carboxylic acids is 1. The van der Waals surface area contributed by atoms with Crippen molar-refractivity contribution in [1.29, 1.82) is 0 Å². The van der Waals surface area contributed by atoms with Crippen LogP contribution in [0.15, 0.2) is 11.6 Å². The van der Waals surface area contributed by atoms with Crippen molar-refractivity contribution < 1.29 is 9.90 Å². The first-order valence-corrected chi connectivity index (χ1v) is 6.80. The maximum atomic E-state index is 10.9. The summed E-state index contributed by atoms with van der Waals surface area (Å²) in [6.45, 7) is 9.18. The second-order valence-corrected chi connectivity index (χ2v) is 4.40. The SMILES string of the molecule is CCCCN(CC=C(CC)C(=O)O)CCCC. The first-order valence-electron chi connectivity index (χ1n) is 6.80. The molecule has 0 aromatic rings. The van der Waals surface area contributed by atoms with Gasteiger partial charge in [0.1, 0.15) is 0 Å². The van der Waals surface area contributed by atoms with Gasteiger partial charge in [0.25, 0.3) is 0 Å². The molecule has 0 unspecified atom stereocenters. The first kappa shape index (κ1) is 16.2. The van der Waals surface area contributed by atoms with Gasteiger partial charge < -0.3 is 5.11 Å². The Bertz CT molecular complexity index is 228. The molecule has 100 valence electrons.